The fourth-order valence-electron chi connectivity index (χ4n) is 3.03. The largest absolute Gasteiger partial charge is 0.490 e. The maximum atomic E-state index is 12.9. The monoisotopic (exact) mass is 536 g/mol. The van der Waals surface area contributed by atoms with Crippen molar-refractivity contribution in [3.05, 3.63) is 58.5 Å². The molecular weight excluding hydrogens is 512 g/mol. The molecule has 9 nitrogen and oxygen atoms in total. The Labute approximate surface area is 213 Å². The molecule has 0 saturated carbocycles. The SMILES string of the molecule is CCOc1cc(/C=C2/SC(=S)N(NS(=O)(=O)c3ccc(C)cc3)C2=O)ccc1OC(CC)C(=O)O. The molecule has 186 valence electrons. The number of hydrogen-bond acceptors (Lipinski definition) is 8. The number of thiocarbonyl (C=S) groups is 1. The maximum Gasteiger partial charge on any atom is 0.344 e. The summed E-state index contributed by atoms with van der Waals surface area (Å²) in [5.74, 6) is -1.13. The molecule has 1 aliphatic heterocycles. The molecule has 0 aromatic heterocycles. The van der Waals surface area contributed by atoms with Crippen LogP contribution in [0.3, 0.4) is 0 Å². The number of thioether (sulfide) groups is 1. The topological polar surface area (TPSA) is 122 Å². The Hall–Kier alpha value is -2.93. The molecule has 1 aliphatic rings. The number of carbonyl (C=O) groups excluding carboxylic acids is 1. The van der Waals surface area contributed by atoms with Crippen LogP contribution in [0.1, 0.15) is 31.4 Å². The second-order valence-corrected chi connectivity index (χ2v) is 10.8. The highest BCUT2D eigenvalue weighted by Crippen LogP contribution is 2.35. The van der Waals surface area contributed by atoms with Gasteiger partial charge in [-0.3, -0.25) is 4.79 Å². The number of rotatable bonds is 10. The summed E-state index contributed by atoms with van der Waals surface area (Å²) in [6.45, 7) is 5.62. The van der Waals surface area contributed by atoms with Crippen LogP contribution in [-0.4, -0.2) is 47.4 Å². The van der Waals surface area contributed by atoms with Crippen LogP contribution >= 0.6 is 24.0 Å². The number of ether oxygens (including phenoxy) is 2. The van der Waals surface area contributed by atoms with E-state index in [1.54, 1.807) is 50.3 Å². The van der Waals surface area contributed by atoms with Crippen molar-refractivity contribution in [3.63, 3.8) is 0 Å². The zero-order chi connectivity index (χ0) is 25.8. The van der Waals surface area contributed by atoms with Crippen molar-refractivity contribution < 1.29 is 32.6 Å². The summed E-state index contributed by atoms with van der Waals surface area (Å²) in [6.07, 6.45) is 0.780. The third-order valence-corrected chi connectivity index (χ3v) is 7.44. The number of amides is 1. The number of carbonyl (C=O) groups is 2. The molecule has 1 amide bonds. The molecule has 1 heterocycles. The summed E-state index contributed by atoms with van der Waals surface area (Å²) in [7, 11) is -4.02. The van der Waals surface area contributed by atoms with Gasteiger partial charge in [0.1, 0.15) is 0 Å². The number of aryl methyl sites for hydroxylation is 1. The van der Waals surface area contributed by atoms with Gasteiger partial charge in [-0.05, 0) is 56.2 Å². The van der Waals surface area contributed by atoms with Crippen molar-refractivity contribution in [2.45, 2.75) is 38.2 Å². The summed E-state index contributed by atoms with van der Waals surface area (Å²) in [6, 6.07) is 11.0. The molecule has 1 unspecified atom stereocenters. The highest BCUT2D eigenvalue weighted by molar-refractivity contribution is 8.26. The lowest BCUT2D eigenvalue weighted by atomic mass is 10.1. The quantitative estimate of drug-likeness (QED) is 0.345. The number of nitrogens with zero attached hydrogens (tertiary/aromatic N) is 1. The molecule has 0 bridgehead atoms. The second-order valence-electron chi connectivity index (χ2n) is 7.42. The van der Waals surface area contributed by atoms with Crippen molar-refractivity contribution in [1.29, 1.82) is 0 Å². The Kier molecular flexibility index (Phi) is 8.54. The molecule has 35 heavy (non-hydrogen) atoms. The highest BCUT2D eigenvalue weighted by Gasteiger charge is 2.35. The first-order chi connectivity index (χ1) is 16.6. The second kappa shape index (κ2) is 11.2. The van der Waals surface area contributed by atoms with E-state index in [2.05, 4.69) is 4.83 Å². The van der Waals surface area contributed by atoms with E-state index in [4.69, 9.17) is 21.7 Å². The van der Waals surface area contributed by atoms with Gasteiger partial charge in [0.15, 0.2) is 21.9 Å². The Morgan fingerprint density at radius 1 is 1.20 bits per heavy atom. The third-order valence-electron chi connectivity index (χ3n) is 4.82. The van der Waals surface area contributed by atoms with Gasteiger partial charge in [-0.25, -0.2) is 18.2 Å². The first-order valence-corrected chi connectivity index (χ1v) is 13.3. The molecule has 0 aliphatic carbocycles. The van der Waals surface area contributed by atoms with Gasteiger partial charge in [-0.15, -0.1) is 4.83 Å². The molecule has 3 rings (SSSR count). The maximum absolute atomic E-state index is 12.9. The number of nitrogens with one attached hydrogen (secondary N) is 1. The summed E-state index contributed by atoms with van der Waals surface area (Å²) < 4.78 is 36.6. The molecule has 1 fully saturated rings. The van der Waals surface area contributed by atoms with E-state index in [1.807, 2.05) is 6.92 Å². The first kappa shape index (κ1) is 26.7. The molecule has 2 aromatic rings. The molecule has 2 N–H and O–H groups in total. The van der Waals surface area contributed by atoms with Crippen LogP contribution in [0.15, 0.2) is 52.3 Å². The van der Waals surface area contributed by atoms with Gasteiger partial charge < -0.3 is 14.6 Å². The molecule has 2 aromatic carbocycles. The molecule has 0 spiro atoms. The van der Waals surface area contributed by atoms with E-state index < -0.39 is 28.0 Å². The predicted octanol–water partition coefficient (Wildman–Crippen LogP) is 3.73. The zero-order valence-corrected chi connectivity index (χ0v) is 21.6. The van der Waals surface area contributed by atoms with Crippen molar-refractivity contribution in [3.8, 4) is 11.5 Å². The number of carboxylic acid groups (broad SMARTS) is 1. The minimum atomic E-state index is -4.02. The predicted molar refractivity (Wildman–Crippen MR) is 136 cm³/mol. The van der Waals surface area contributed by atoms with Gasteiger partial charge >= 0.3 is 5.97 Å². The zero-order valence-electron chi connectivity index (χ0n) is 19.2. The number of hydrogen-bond donors (Lipinski definition) is 2. The van der Waals surface area contributed by atoms with Crippen LogP contribution in [0, 0.1) is 6.92 Å². The molecule has 1 saturated heterocycles. The van der Waals surface area contributed by atoms with Crippen LogP contribution in [0.5, 0.6) is 11.5 Å². The average molecular weight is 537 g/mol. The lowest BCUT2D eigenvalue weighted by molar-refractivity contribution is -0.145. The number of carboxylic acids is 1. The number of sulfonamides is 1. The van der Waals surface area contributed by atoms with E-state index >= 15 is 0 Å². The lowest BCUT2D eigenvalue weighted by Gasteiger charge is -2.17. The van der Waals surface area contributed by atoms with Crippen LogP contribution in [0.2, 0.25) is 0 Å². The van der Waals surface area contributed by atoms with Crippen molar-refractivity contribution in [2.24, 2.45) is 0 Å². The van der Waals surface area contributed by atoms with Gasteiger partial charge in [-0.2, -0.15) is 0 Å². The van der Waals surface area contributed by atoms with Crippen molar-refractivity contribution >= 4 is 56.3 Å². The molecular formula is C23H24N2O7S3. The fourth-order valence-corrected chi connectivity index (χ4v) is 5.34. The molecule has 12 heteroatoms. The van der Waals surface area contributed by atoms with E-state index in [1.165, 1.54) is 12.1 Å². The van der Waals surface area contributed by atoms with Gasteiger partial charge in [0.25, 0.3) is 15.9 Å². The lowest BCUT2D eigenvalue weighted by Crippen LogP contribution is -2.44. The van der Waals surface area contributed by atoms with Gasteiger partial charge in [0.05, 0.1) is 16.4 Å². The van der Waals surface area contributed by atoms with Crippen LogP contribution in [0.25, 0.3) is 6.08 Å². The van der Waals surface area contributed by atoms with E-state index in [0.29, 0.717) is 17.9 Å². The van der Waals surface area contributed by atoms with Crippen molar-refractivity contribution in [2.75, 3.05) is 6.61 Å². The fraction of sp³-hybridized carbons (Fsp3) is 0.261. The van der Waals surface area contributed by atoms with Crippen LogP contribution < -0.4 is 14.3 Å². The minimum absolute atomic E-state index is 0.00446. The average Bonchev–Trinajstić information content (AvgIpc) is 3.05. The smallest absolute Gasteiger partial charge is 0.344 e. The van der Waals surface area contributed by atoms with E-state index in [-0.39, 0.29) is 26.3 Å². The Bertz CT molecular complexity index is 1270. The highest BCUT2D eigenvalue weighted by atomic mass is 32.2. The summed E-state index contributed by atoms with van der Waals surface area (Å²) in [5.41, 5.74) is 1.46. The van der Waals surface area contributed by atoms with Gasteiger partial charge in [0.2, 0.25) is 0 Å². The number of aliphatic carboxylic acids is 1. The standard InChI is InChI=1S/C23H24N2O7S3/c1-4-17(22(27)28)32-18-11-8-15(12-19(18)31-5-2)13-20-21(26)25(23(33)34-20)24-35(29,30)16-9-6-14(3)7-10-16/h6-13,17,24H,4-5H2,1-3H3,(H,27,28)/b20-13+. The van der Waals surface area contributed by atoms with Gasteiger partial charge in [-0.1, -0.05) is 54.7 Å². The molecule has 0 radical (unpaired) electrons. The summed E-state index contributed by atoms with van der Waals surface area (Å²) in [5, 5.41) is 10.1. The Balaban J connectivity index is 1.83. The number of hydrazine groups is 1. The minimum Gasteiger partial charge on any atom is -0.490 e. The first-order valence-electron chi connectivity index (χ1n) is 10.6. The summed E-state index contributed by atoms with van der Waals surface area (Å²) in [4.78, 5) is 26.7. The number of benzene rings is 2. The summed E-state index contributed by atoms with van der Waals surface area (Å²) >= 11 is 6.17. The molecule has 1 atom stereocenters. The van der Waals surface area contributed by atoms with Crippen molar-refractivity contribution in [1.82, 2.24) is 9.84 Å². The van der Waals surface area contributed by atoms with E-state index in [9.17, 15) is 23.1 Å². The Morgan fingerprint density at radius 3 is 2.49 bits per heavy atom. The normalized spacial score (nSPS) is 16.0. The van der Waals surface area contributed by atoms with Crippen LogP contribution in [0.4, 0.5) is 0 Å². The Morgan fingerprint density at radius 2 is 1.89 bits per heavy atom. The third kappa shape index (κ3) is 6.40. The van der Waals surface area contributed by atoms with E-state index in [0.717, 1.165) is 22.3 Å². The van der Waals surface area contributed by atoms with Gasteiger partial charge in [0, 0.05) is 0 Å². The van der Waals surface area contributed by atoms with Crippen LogP contribution in [-0.2, 0) is 19.6 Å².